The molecule has 0 bridgehead atoms. The molecule has 2 amide bonds. The Morgan fingerprint density at radius 3 is 2.57 bits per heavy atom. The molecule has 1 aliphatic carbocycles. The zero-order valence-corrected chi connectivity index (χ0v) is 15.8. The van der Waals surface area contributed by atoms with Gasteiger partial charge in [-0.25, -0.2) is 9.38 Å². The summed E-state index contributed by atoms with van der Waals surface area (Å²) >= 11 is 0. The zero-order valence-electron chi connectivity index (χ0n) is 15.8. The van der Waals surface area contributed by atoms with Gasteiger partial charge in [0.1, 0.15) is 5.75 Å². The van der Waals surface area contributed by atoms with E-state index in [0.717, 1.165) is 18.4 Å². The number of halogens is 1. The van der Waals surface area contributed by atoms with Crippen molar-refractivity contribution in [2.45, 2.75) is 25.4 Å². The van der Waals surface area contributed by atoms with E-state index < -0.39 is 12.1 Å². The summed E-state index contributed by atoms with van der Waals surface area (Å²) < 4.78 is 19.4. The van der Waals surface area contributed by atoms with Gasteiger partial charge in [0.2, 0.25) is 18.0 Å². The summed E-state index contributed by atoms with van der Waals surface area (Å²) in [6, 6.07) is 7.48. The number of benzene rings is 1. The lowest BCUT2D eigenvalue weighted by Gasteiger charge is -2.36. The molecule has 2 fully saturated rings. The Bertz CT molecular complexity index is 842. The standard InChI is InChI=1S/C20H23FN4O3/c1-28-15-5-3-2-4-14(15)12-16(26)24-8-10-25(11-9-24)20-22-18(13-6-7-13)17(21)19(27)23-20/h2-5,13,17H,6-12H2,1H3. The molecule has 1 unspecified atom stereocenters. The number of alkyl halides is 1. The van der Waals surface area contributed by atoms with Crippen LogP contribution in [0.5, 0.6) is 5.75 Å². The first-order valence-corrected chi connectivity index (χ1v) is 9.56. The maximum atomic E-state index is 14.0. The maximum absolute atomic E-state index is 14.0. The predicted octanol–water partition coefficient (Wildman–Crippen LogP) is 1.47. The first-order valence-electron chi connectivity index (χ1n) is 9.56. The molecule has 1 atom stereocenters. The van der Waals surface area contributed by atoms with E-state index in [0.29, 0.717) is 37.6 Å². The lowest BCUT2D eigenvalue weighted by Crippen LogP contribution is -2.52. The van der Waals surface area contributed by atoms with Gasteiger partial charge in [0, 0.05) is 37.7 Å². The van der Waals surface area contributed by atoms with Crippen LogP contribution in [0.4, 0.5) is 4.39 Å². The number of carbonyl (C=O) groups excluding carboxylic acids is 2. The summed E-state index contributed by atoms with van der Waals surface area (Å²) in [6.45, 7) is 2.05. The lowest BCUT2D eigenvalue weighted by molar-refractivity contribution is -0.131. The molecule has 0 radical (unpaired) electrons. The highest BCUT2D eigenvalue weighted by atomic mass is 19.1. The van der Waals surface area contributed by atoms with Gasteiger partial charge in [-0.15, -0.1) is 0 Å². The molecule has 28 heavy (non-hydrogen) atoms. The number of amides is 2. The van der Waals surface area contributed by atoms with Gasteiger partial charge >= 0.3 is 0 Å². The number of hydrogen-bond acceptors (Lipinski definition) is 5. The Balaban J connectivity index is 1.37. The number of guanidine groups is 1. The van der Waals surface area contributed by atoms with Crippen molar-refractivity contribution in [2.75, 3.05) is 33.3 Å². The molecule has 1 aromatic rings. The molecule has 1 aromatic carbocycles. The van der Waals surface area contributed by atoms with Gasteiger partial charge in [0.25, 0.3) is 5.91 Å². The van der Waals surface area contributed by atoms with Crippen molar-refractivity contribution < 1.29 is 18.7 Å². The van der Waals surface area contributed by atoms with Gasteiger partial charge in [-0.1, -0.05) is 18.2 Å². The van der Waals surface area contributed by atoms with Gasteiger partial charge in [0.05, 0.1) is 19.2 Å². The fourth-order valence-electron chi connectivity index (χ4n) is 3.58. The highest BCUT2D eigenvalue weighted by Gasteiger charge is 2.40. The van der Waals surface area contributed by atoms with E-state index in [2.05, 4.69) is 9.98 Å². The first-order chi connectivity index (χ1) is 13.6. The molecule has 2 aliphatic heterocycles. The van der Waals surface area contributed by atoms with Gasteiger partial charge < -0.3 is 14.5 Å². The fraction of sp³-hybridized carbons (Fsp3) is 0.500. The minimum atomic E-state index is -1.69. The summed E-state index contributed by atoms with van der Waals surface area (Å²) in [5.74, 6) is 0.330. The van der Waals surface area contributed by atoms with Crippen molar-refractivity contribution in [1.29, 1.82) is 0 Å². The molecular weight excluding hydrogens is 363 g/mol. The minimum Gasteiger partial charge on any atom is -0.496 e. The largest absolute Gasteiger partial charge is 0.496 e. The number of methoxy groups -OCH3 is 1. The van der Waals surface area contributed by atoms with Crippen molar-refractivity contribution >= 4 is 23.5 Å². The number of piperazine rings is 1. The molecule has 7 nitrogen and oxygen atoms in total. The van der Waals surface area contributed by atoms with Crippen LogP contribution in [0, 0.1) is 5.92 Å². The first kappa shape index (κ1) is 18.6. The lowest BCUT2D eigenvalue weighted by atomic mass is 10.1. The summed E-state index contributed by atoms with van der Waals surface area (Å²) in [5, 5.41) is 0. The third kappa shape index (κ3) is 3.76. The molecule has 0 spiro atoms. The number of nitrogens with zero attached hydrogens (tertiary/aromatic N) is 4. The van der Waals surface area contributed by atoms with Crippen LogP contribution in [0.15, 0.2) is 34.3 Å². The summed E-state index contributed by atoms with van der Waals surface area (Å²) in [7, 11) is 1.59. The average molecular weight is 386 g/mol. The van der Waals surface area contributed by atoms with Gasteiger partial charge in [0.15, 0.2) is 0 Å². The van der Waals surface area contributed by atoms with Crippen LogP contribution >= 0.6 is 0 Å². The Labute approximate surface area is 162 Å². The summed E-state index contributed by atoms with van der Waals surface area (Å²) in [6.07, 6.45) is 0.340. The number of carbonyl (C=O) groups is 2. The van der Waals surface area contributed by atoms with Crippen LogP contribution in [-0.4, -0.2) is 72.7 Å². The molecular formula is C20H23FN4O3. The van der Waals surface area contributed by atoms with Crippen LogP contribution < -0.4 is 4.74 Å². The Morgan fingerprint density at radius 1 is 1.18 bits per heavy atom. The topological polar surface area (TPSA) is 74.6 Å². The monoisotopic (exact) mass is 386 g/mol. The van der Waals surface area contributed by atoms with Crippen LogP contribution in [0.1, 0.15) is 18.4 Å². The highest BCUT2D eigenvalue weighted by molar-refractivity contribution is 6.18. The summed E-state index contributed by atoms with van der Waals surface area (Å²) in [4.78, 5) is 36.3. The van der Waals surface area contributed by atoms with Crippen molar-refractivity contribution in [3.63, 3.8) is 0 Å². The third-order valence-corrected chi connectivity index (χ3v) is 5.36. The molecule has 1 saturated carbocycles. The predicted molar refractivity (Wildman–Crippen MR) is 102 cm³/mol. The fourth-order valence-corrected chi connectivity index (χ4v) is 3.58. The van der Waals surface area contributed by atoms with Crippen LogP contribution in [0.25, 0.3) is 0 Å². The smallest absolute Gasteiger partial charge is 0.289 e. The van der Waals surface area contributed by atoms with E-state index in [9.17, 15) is 14.0 Å². The molecule has 148 valence electrons. The third-order valence-electron chi connectivity index (χ3n) is 5.36. The molecule has 0 N–H and O–H groups in total. The van der Waals surface area contributed by atoms with Gasteiger partial charge in [-0.2, -0.15) is 4.99 Å². The molecule has 4 rings (SSSR count). The number of para-hydroxylation sites is 1. The van der Waals surface area contributed by atoms with Crippen molar-refractivity contribution in [2.24, 2.45) is 15.9 Å². The van der Waals surface area contributed by atoms with Crippen molar-refractivity contribution in [3.05, 3.63) is 29.8 Å². The Morgan fingerprint density at radius 2 is 1.89 bits per heavy atom. The zero-order chi connectivity index (χ0) is 19.7. The number of ether oxygens (including phenoxy) is 1. The molecule has 3 aliphatic rings. The second-order valence-electron chi connectivity index (χ2n) is 7.28. The highest BCUT2D eigenvalue weighted by Crippen LogP contribution is 2.34. The Kier molecular flexibility index (Phi) is 5.11. The van der Waals surface area contributed by atoms with E-state index >= 15 is 0 Å². The Hall–Kier alpha value is -2.77. The molecule has 2 heterocycles. The van der Waals surface area contributed by atoms with Gasteiger partial charge in [-0.05, 0) is 18.9 Å². The molecule has 1 saturated heterocycles. The van der Waals surface area contributed by atoms with E-state index in [-0.39, 0.29) is 24.2 Å². The van der Waals surface area contributed by atoms with Crippen LogP contribution in [-0.2, 0) is 16.0 Å². The quantitative estimate of drug-likeness (QED) is 0.785. The minimum absolute atomic E-state index is 0.0248. The number of rotatable bonds is 4. The summed E-state index contributed by atoms with van der Waals surface area (Å²) in [5.41, 5.74) is 1.18. The normalized spacial score (nSPS) is 22.6. The second-order valence-corrected chi connectivity index (χ2v) is 7.28. The van der Waals surface area contributed by atoms with Crippen LogP contribution in [0.3, 0.4) is 0 Å². The van der Waals surface area contributed by atoms with E-state index in [4.69, 9.17) is 4.74 Å². The molecule has 8 heteroatoms. The maximum Gasteiger partial charge on any atom is 0.289 e. The van der Waals surface area contributed by atoms with Crippen molar-refractivity contribution in [3.8, 4) is 5.75 Å². The van der Waals surface area contributed by atoms with Gasteiger partial charge in [-0.3, -0.25) is 9.59 Å². The second kappa shape index (κ2) is 7.69. The average Bonchev–Trinajstić information content (AvgIpc) is 3.55. The van der Waals surface area contributed by atoms with Crippen LogP contribution in [0.2, 0.25) is 0 Å². The van der Waals surface area contributed by atoms with E-state index in [1.165, 1.54) is 0 Å². The number of hydrogen-bond donors (Lipinski definition) is 0. The molecule has 0 aromatic heterocycles. The van der Waals surface area contributed by atoms with Crippen molar-refractivity contribution in [1.82, 2.24) is 9.80 Å². The van der Waals surface area contributed by atoms with E-state index in [1.807, 2.05) is 29.2 Å². The van der Waals surface area contributed by atoms with E-state index in [1.54, 1.807) is 12.0 Å². The SMILES string of the molecule is COc1ccccc1CC(=O)N1CCN(C2=NC(=O)C(F)C(C3CC3)=N2)CC1. The number of aliphatic imine (C=N–C) groups is 2.